The lowest BCUT2D eigenvalue weighted by molar-refractivity contribution is 0.518. The monoisotopic (exact) mass is 192 g/mol. The highest BCUT2D eigenvalue weighted by Gasteiger charge is 2.22. The van der Waals surface area contributed by atoms with E-state index in [-0.39, 0.29) is 11.0 Å². The van der Waals surface area contributed by atoms with Crippen LogP contribution in [-0.4, -0.2) is 19.4 Å². The number of sulfone groups is 1. The van der Waals surface area contributed by atoms with Crippen molar-refractivity contribution in [1.82, 2.24) is 0 Å². The molecule has 0 radical (unpaired) electrons. The first-order valence-corrected chi connectivity index (χ1v) is 6.37. The van der Waals surface area contributed by atoms with Gasteiger partial charge in [-0.25, -0.2) is 8.42 Å². The lowest BCUT2D eigenvalue weighted by atomic mass is 10.1. The highest BCUT2D eigenvalue weighted by Crippen LogP contribution is 2.16. The summed E-state index contributed by atoms with van der Waals surface area (Å²) >= 11 is 0. The zero-order valence-electron chi connectivity index (χ0n) is 8.50. The fourth-order valence-electron chi connectivity index (χ4n) is 1.33. The Labute approximate surface area is 76.3 Å². The van der Waals surface area contributed by atoms with Crippen molar-refractivity contribution in [3.8, 4) is 0 Å². The van der Waals surface area contributed by atoms with Gasteiger partial charge >= 0.3 is 0 Å². The van der Waals surface area contributed by atoms with Crippen molar-refractivity contribution in [2.45, 2.75) is 45.8 Å². The van der Waals surface area contributed by atoms with E-state index in [1.54, 1.807) is 6.92 Å². The van der Waals surface area contributed by atoms with Crippen LogP contribution < -0.4 is 0 Å². The molecule has 0 spiro atoms. The van der Waals surface area contributed by atoms with Crippen LogP contribution >= 0.6 is 0 Å². The van der Waals surface area contributed by atoms with Crippen LogP contribution in [0.25, 0.3) is 0 Å². The minimum atomic E-state index is -2.81. The molecular formula is C9H20O2S. The van der Waals surface area contributed by atoms with Crippen LogP contribution in [0.4, 0.5) is 0 Å². The van der Waals surface area contributed by atoms with Crippen LogP contribution in [0, 0.1) is 5.92 Å². The molecular weight excluding hydrogens is 172 g/mol. The highest BCUT2D eigenvalue weighted by molar-refractivity contribution is 7.91. The van der Waals surface area contributed by atoms with Crippen LogP contribution in [0.5, 0.6) is 0 Å². The molecule has 0 aromatic heterocycles. The van der Waals surface area contributed by atoms with Gasteiger partial charge in [0.25, 0.3) is 0 Å². The second kappa shape index (κ2) is 4.85. The van der Waals surface area contributed by atoms with Crippen LogP contribution in [0.15, 0.2) is 0 Å². The van der Waals surface area contributed by atoms with E-state index in [2.05, 4.69) is 13.8 Å². The molecule has 12 heavy (non-hydrogen) atoms. The maximum absolute atomic E-state index is 11.5. The summed E-state index contributed by atoms with van der Waals surface area (Å²) in [6, 6.07) is 0. The van der Waals surface area contributed by atoms with Crippen molar-refractivity contribution in [2.75, 3.05) is 5.75 Å². The Morgan fingerprint density at radius 2 is 1.67 bits per heavy atom. The lowest BCUT2D eigenvalue weighted by Gasteiger charge is -2.16. The maximum atomic E-state index is 11.5. The van der Waals surface area contributed by atoms with Crippen LogP contribution in [-0.2, 0) is 9.84 Å². The Kier molecular flexibility index (Phi) is 4.83. The predicted octanol–water partition coefficient (Wildman–Crippen LogP) is 2.25. The maximum Gasteiger partial charge on any atom is 0.152 e. The van der Waals surface area contributed by atoms with Crippen molar-refractivity contribution < 1.29 is 8.42 Å². The summed E-state index contributed by atoms with van der Waals surface area (Å²) in [7, 11) is -2.81. The fraction of sp³-hybridized carbons (Fsp3) is 1.00. The molecule has 0 N–H and O–H groups in total. The van der Waals surface area contributed by atoms with Gasteiger partial charge in [-0.15, -0.1) is 0 Å². The van der Waals surface area contributed by atoms with E-state index in [1.807, 2.05) is 6.92 Å². The molecule has 0 rings (SSSR count). The number of hydrogen-bond acceptors (Lipinski definition) is 2. The first-order chi connectivity index (χ1) is 5.44. The molecule has 0 saturated carbocycles. The van der Waals surface area contributed by atoms with Gasteiger partial charge in [-0.05, 0) is 18.8 Å². The van der Waals surface area contributed by atoms with Gasteiger partial charge in [0.05, 0.1) is 5.25 Å². The molecule has 0 aromatic rings. The smallest absolute Gasteiger partial charge is 0.152 e. The van der Waals surface area contributed by atoms with E-state index in [4.69, 9.17) is 0 Å². The van der Waals surface area contributed by atoms with E-state index in [9.17, 15) is 8.42 Å². The van der Waals surface area contributed by atoms with Gasteiger partial charge in [-0.1, -0.05) is 27.7 Å². The molecule has 0 aromatic carbocycles. The number of hydrogen-bond donors (Lipinski definition) is 0. The highest BCUT2D eigenvalue weighted by atomic mass is 32.2. The average Bonchev–Trinajstić information content (AvgIpc) is 1.99. The summed E-state index contributed by atoms with van der Waals surface area (Å²) in [6.45, 7) is 7.79. The molecule has 0 fully saturated rings. The Bertz CT molecular complexity index is 205. The van der Waals surface area contributed by atoms with Crippen LogP contribution in [0.3, 0.4) is 0 Å². The fourth-order valence-corrected chi connectivity index (χ4v) is 2.99. The minimum absolute atomic E-state index is 0.123. The van der Waals surface area contributed by atoms with Crippen molar-refractivity contribution >= 4 is 9.84 Å². The van der Waals surface area contributed by atoms with Gasteiger partial charge in [-0.3, -0.25) is 0 Å². The number of rotatable bonds is 5. The predicted molar refractivity (Wildman–Crippen MR) is 53.0 cm³/mol. The van der Waals surface area contributed by atoms with Crippen LogP contribution in [0.1, 0.15) is 40.5 Å². The Balaban J connectivity index is 4.35. The second-order valence-electron chi connectivity index (χ2n) is 3.61. The molecule has 0 aliphatic carbocycles. The van der Waals surface area contributed by atoms with Gasteiger partial charge in [0, 0.05) is 5.75 Å². The molecule has 1 unspecified atom stereocenters. The van der Waals surface area contributed by atoms with Crippen LogP contribution in [0.2, 0.25) is 0 Å². The summed E-state index contributed by atoms with van der Waals surface area (Å²) in [5.74, 6) is 0.745. The third-order valence-corrected chi connectivity index (χ3v) is 4.45. The van der Waals surface area contributed by atoms with Crippen molar-refractivity contribution in [3.63, 3.8) is 0 Å². The second-order valence-corrected chi connectivity index (χ2v) is 6.18. The Morgan fingerprint density at radius 3 is 1.92 bits per heavy atom. The first-order valence-electron chi connectivity index (χ1n) is 4.65. The van der Waals surface area contributed by atoms with Gasteiger partial charge in [0.15, 0.2) is 9.84 Å². The molecule has 74 valence electrons. The lowest BCUT2D eigenvalue weighted by Crippen LogP contribution is -2.23. The minimum Gasteiger partial charge on any atom is -0.229 e. The summed E-state index contributed by atoms with van der Waals surface area (Å²) in [6.07, 6.45) is 1.54. The Hall–Kier alpha value is -0.0500. The SMILES string of the molecule is CCC(CC(C)C)S(=O)(=O)CC. The molecule has 0 saturated heterocycles. The van der Waals surface area contributed by atoms with Gasteiger partial charge in [0.2, 0.25) is 0 Å². The zero-order valence-corrected chi connectivity index (χ0v) is 9.32. The molecule has 0 bridgehead atoms. The Morgan fingerprint density at radius 1 is 1.17 bits per heavy atom. The normalized spacial score (nSPS) is 15.1. The largest absolute Gasteiger partial charge is 0.229 e. The van der Waals surface area contributed by atoms with E-state index in [0.717, 1.165) is 12.8 Å². The third kappa shape index (κ3) is 3.57. The summed E-state index contributed by atoms with van der Waals surface area (Å²) in [4.78, 5) is 0. The molecule has 0 heterocycles. The topological polar surface area (TPSA) is 34.1 Å². The molecule has 2 nitrogen and oxygen atoms in total. The van der Waals surface area contributed by atoms with Gasteiger partial charge in [0.1, 0.15) is 0 Å². The summed E-state index contributed by atoms with van der Waals surface area (Å²) < 4.78 is 22.9. The third-order valence-electron chi connectivity index (χ3n) is 2.10. The molecule has 3 heteroatoms. The summed E-state index contributed by atoms with van der Waals surface area (Å²) in [5.41, 5.74) is 0. The standard InChI is InChI=1S/C9H20O2S/c1-5-9(7-8(3)4)12(10,11)6-2/h8-9H,5-7H2,1-4H3. The van der Waals surface area contributed by atoms with E-state index >= 15 is 0 Å². The van der Waals surface area contributed by atoms with E-state index < -0.39 is 9.84 Å². The quantitative estimate of drug-likeness (QED) is 0.669. The van der Waals surface area contributed by atoms with Gasteiger partial charge < -0.3 is 0 Å². The van der Waals surface area contributed by atoms with Gasteiger partial charge in [-0.2, -0.15) is 0 Å². The molecule has 0 aliphatic heterocycles. The summed E-state index contributed by atoms with van der Waals surface area (Å²) in [5, 5.41) is -0.123. The average molecular weight is 192 g/mol. The molecule has 1 atom stereocenters. The first kappa shape index (κ1) is 11.9. The zero-order chi connectivity index (χ0) is 9.78. The molecule has 0 aliphatic rings. The van der Waals surface area contributed by atoms with Crippen molar-refractivity contribution in [3.05, 3.63) is 0 Å². The van der Waals surface area contributed by atoms with E-state index in [0.29, 0.717) is 5.92 Å². The van der Waals surface area contributed by atoms with E-state index in [1.165, 1.54) is 0 Å². The van der Waals surface area contributed by atoms with Crippen molar-refractivity contribution in [2.24, 2.45) is 5.92 Å². The van der Waals surface area contributed by atoms with Crippen molar-refractivity contribution in [1.29, 1.82) is 0 Å². The molecule has 0 amide bonds.